The van der Waals surface area contributed by atoms with Gasteiger partial charge in [-0.05, 0) is 48.6 Å². The number of carbonyl (C=O) groups excluding carboxylic acids is 1. The normalized spacial score (nSPS) is 10.0. The summed E-state index contributed by atoms with van der Waals surface area (Å²) in [5.41, 5.74) is 0.787. The monoisotopic (exact) mass is 412 g/mol. The zero-order valence-electron chi connectivity index (χ0n) is 11.5. The Morgan fingerprint density at radius 3 is 2.57 bits per heavy atom. The smallest absolute Gasteiger partial charge is 0.337 e. The zero-order chi connectivity index (χ0) is 17.0. The SMILES string of the molecule is O=C(NC(=S)Nc1ccc(Cl)c(C(=O)O)c1)c1cccc(Br)c1. The van der Waals surface area contributed by atoms with Crippen molar-refractivity contribution in [3.05, 3.63) is 63.1 Å². The van der Waals surface area contributed by atoms with Gasteiger partial charge in [0, 0.05) is 15.7 Å². The molecule has 5 nitrogen and oxygen atoms in total. The van der Waals surface area contributed by atoms with E-state index in [2.05, 4.69) is 26.6 Å². The average Bonchev–Trinajstić information content (AvgIpc) is 2.48. The lowest BCUT2D eigenvalue weighted by Gasteiger charge is -2.11. The van der Waals surface area contributed by atoms with Crippen LogP contribution in [0.25, 0.3) is 0 Å². The molecule has 0 fully saturated rings. The van der Waals surface area contributed by atoms with Crippen molar-refractivity contribution in [2.45, 2.75) is 0 Å². The minimum absolute atomic E-state index is 0.0497. The number of anilines is 1. The van der Waals surface area contributed by atoms with Crippen LogP contribution in [0.2, 0.25) is 5.02 Å². The highest BCUT2D eigenvalue weighted by molar-refractivity contribution is 9.10. The van der Waals surface area contributed by atoms with E-state index in [-0.39, 0.29) is 21.6 Å². The third-order valence-corrected chi connectivity index (χ3v) is 3.80. The van der Waals surface area contributed by atoms with Crippen molar-refractivity contribution in [2.24, 2.45) is 0 Å². The number of hydrogen-bond acceptors (Lipinski definition) is 3. The van der Waals surface area contributed by atoms with Crippen LogP contribution in [0, 0.1) is 0 Å². The molecule has 0 saturated heterocycles. The average molecular weight is 414 g/mol. The Bertz CT molecular complexity index is 798. The van der Waals surface area contributed by atoms with Gasteiger partial charge in [-0.3, -0.25) is 10.1 Å². The van der Waals surface area contributed by atoms with E-state index in [0.717, 1.165) is 4.47 Å². The van der Waals surface area contributed by atoms with Crippen LogP contribution in [-0.2, 0) is 0 Å². The molecule has 118 valence electrons. The number of carboxylic acid groups (broad SMARTS) is 1. The summed E-state index contributed by atoms with van der Waals surface area (Å²) < 4.78 is 0.771. The van der Waals surface area contributed by atoms with E-state index < -0.39 is 5.97 Å². The Labute approximate surface area is 150 Å². The van der Waals surface area contributed by atoms with Crippen LogP contribution in [-0.4, -0.2) is 22.1 Å². The molecule has 2 aromatic rings. The molecule has 2 aromatic carbocycles. The van der Waals surface area contributed by atoms with Crippen LogP contribution >= 0.6 is 39.7 Å². The minimum Gasteiger partial charge on any atom is -0.478 e. The van der Waals surface area contributed by atoms with E-state index in [1.54, 1.807) is 30.3 Å². The quantitative estimate of drug-likeness (QED) is 0.665. The Balaban J connectivity index is 2.06. The van der Waals surface area contributed by atoms with Crippen molar-refractivity contribution in [3.8, 4) is 0 Å². The lowest BCUT2D eigenvalue weighted by atomic mass is 10.2. The van der Waals surface area contributed by atoms with Gasteiger partial charge in [0.2, 0.25) is 0 Å². The minimum atomic E-state index is -1.15. The molecule has 0 radical (unpaired) electrons. The molecular weight excluding hydrogens is 404 g/mol. The fourth-order valence-corrected chi connectivity index (χ4v) is 2.54. The molecule has 3 N–H and O–H groups in total. The Hall–Kier alpha value is -1.96. The third kappa shape index (κ3) is 4.75. The van der Waals surface area contributed by atoms with Crippen molar-refractivity contribution in [1.29, 1.82) is 0 Å². The number of carbonyl (C=O) groups is 2. The number of benzene rings is 2. The number of nitrogens with one attached hydrogen (secondary N) is 2. The number of aromatic carboxylic acids is 1. The molecule has 8 heteroatoms. The van der Waals surface area contributed by atoms with E-state index in [1.165, 1.54) is 12.1 Å². The molecule has 0 saturated carbocycles. The second kappa shape index (κ2) is 7.54. The van der Waals surface area contributed by atoms with Gasteiger partial charge in [-0.25, -0.2) is 4.79 Å². The maximum Gasteiger partial charge on any atom is 0.337 e. The molecule has 0 aliphatic heterocycles. The number of amides is 1. The highest BCUT2D eigenvalue weighted by atomic mass is 79.9. The van der Waals surface area contributed by atoms with Crippen LogP contribution < -0.4 is 10.6 Å². The molecule has 0 atom stereocenters. The van der Waals surface area contributed by atoms with E-state index in [0.29, 0.717) is 11.3 Å². The van der Waals surface area contributed by atoms with Gasteiger partial charge in [-0.1, -0.05) is 33.6 Å². The largest absolute Gasteiger partial charge is 0.478 e. The summed E-state index contributed by atoms with van der Waals surface area (Å²) >= 11 is 14.1. The van der Waals surface area contributed by atoms with Crippen LogP contribution in [0.4, 0.5) is 5.69 Å². The maximum absolute atomic E-state index is 12.1. The fraction of sp³-hybridized carbons (Fsp3) is 0. The summed E-state index contributed by atoms with van der Waals surface area (Å²) in [6.45, 7) is 0. The molecule has 0 unspecified atom stereocenters. The number of carboxylic acids is 1. The fourth-order valence-electron chi connectivity index (χ4n) is 1.73. The van der Waals surface area contributed by atoms with Gasteiger partial charge in [-0.2, -0.15) is 0 Å². The molecule has 0 aromatic heterocycles. The number of halogens is 2. The molecule has 1 amide bonds. The van der Waals surface area contributed by atoms with Crippen LogP contribution in [0.5, 0.6) is 0 Å². The molecular formula is C15H10BrClN2O3S. The molecule has 2 rings (SSSR count). The summed E-state index contributed by atoms with van der Waals surface area (Å²) in [5, 5.41) is 14.5. The molecule has 0 bridgehead atoms. The molecule has 23 heavy (non-hydrogen) atoms. The lowest BCUT2D eigenvalue weighted by molar-refractivity contribution is 0.0697. The van der Waals surface area contributed by atoms with Crippen molar-refractivity contribution < 1.29 is 14.7 Å². The first-order valence-electron chi connectivity index (χ1n) is 6.27. The van der Waals surface area contributed by atoms with Gasteiger partial charge < -0.3 is 10.4 Å². The lowest BCUT2D eigenvalue weighted by Crippen LogP contribution is -2.34. The second-order valence-corrected chi connectivity index (χ2v) is 6.15. The summed E-state index contributed by atoms with van der Waals surface area (Å²) in [6.07, 6.45) is 0. The number of hydrogen-bond donors (Lipinski definition) is 3. The van der Waals surface area contributed by atoms with Crippen LogP contribution in [0.3, 0.4) is 0 Å². The van der Waals surface area contributed by atoms with Gasteiger partial charge in [0.25, 0.3) is 5.91 Å². The molecule has 0 spiro atoms. The summed E-state index contributed by atoms with van der Waals surface area (Å²) in [5.74, 6) is -1.53. The topological polar surface area (TPSA) is 78.4 Å². The van der Waals surface area contributed by atoms with E-state index in [1.807, 2.05) is 0 Å². The van der Waals surface area contributed by atoms with Crippen molar-refractivity contribution in [3.63, 3.8) is 0 Å². The third-order valence-electron chi connectivity index (χ3n) is 2.77. The predicted molar refractivity (Wildman–Crippen MR) is 96.2 cm³/mol. The van der Waals surface area contributed by atoms with Gasteiger partial charge in [0.15, 0.2) is 5.11 Å². The van der Waals surface area contributed by atoms with E-state index in [9.17, 15) is 9.59 Å². The summed E-state index contributed by atoms with van der Waals surface area (Å²) in [6, 6.07) is 11.2. The Morgan fingerprint density at radius 2 is 1.91 bits per heavy atom. The maximum atomic E-state index is 12.1. The first-order valence-corrected chi connectivity index (χ1v) is 7.85. The summed E-state index contributed by atoms with van der Waals surface area (Å²) in [4.78, 5) is 23.1. The first-order chi connectivity index (χ1) is 10.9. The van der Waals surface area contributed by atoms with Crippen molar-refractivity contribution in [2.75, 3.05) is 5.32 Å². The molecule has 0 aliphatic rings. The molecule has 0 aliphatic carbocycles. The first kappa shape index (κ1) is 17.4. The number of thiocarbonyl (C=S) groups is 1. The second-order valence-electron chi connectivity index (χ2n) is 4.42. The van der Waals surface area contributed by atoms with Crippen molar-refractivity contribution >= 4 is 62.4 Å². The molecule has 0 heterocycles. The van der Waals surface area contributed by atoms with Gasteiger partial charge >= 0.3 is 5.97 Å². The van der Waals surface area contributed by atoms with E-state index >= 15 is 0 Å². The van der Waals surface area contributed by atoms with E-state index in [4.69, 9.17) is 28.9 Å². The van der Waals surface area contributed by atoms with Gasteiger partial charge in [-0.15, -0.1) is 0 Å². The van der Waals surface area contributed by atoms with Crippen molar-refractivity contribution in [1.82, 2.24) is 5.32 Å². The Kier molecular flexibility index (Phi) is 5.70. The standard InChI is InChI=1S/C15H10BrClN2O3S/c16-9-3-1-2-8(6-9)13(20)19-15(23)18-10-4-5-12(17)11(7-10)14(21)22/h1-7H,(H,21,22)(H2,18,19,20,23). The van der Waals surface area contributed by atoms with Gasteiger partial charge in [0.1, 0.15) is 0 Å². The van der Waals surface area contributed by atoms with Gasteiger partial charge in [0.05, 0.1) is 10.6 Å². The highest BCUT2D eigenvalue weighted by Crippen LogP contribution is 2.20. The number of rotatable bonds is 3. The van der Waals surface area contributed by atoms with Crippen LogP contribution in [0.1, 0.15) is 20.7 Å². The highest BCUT2D eigenvalue weighted by Gasteiger charge is 2.11. The zero-order valence-corrected chi connectivity index (χ0v) is 14.6. The van der Waals surface area contributed by atoms with Crippen LogP contribution in [0.15, 0.2) is 46.9 Å². The summed E-state index contributed by atoms with van der Waals surface area (Å²) in [7, 11) is 0. The Morgan fingerprint density at radius 1 is 1.17 bits per heavy atom. The predicted octanol–water partition coefficient (Wildman–Crippen LogP) is 3.93.